The van der Waals surface area contributed by atoms with Crippen LogP contribution < -0.4 is 10.6 Å². The lowest BCUT2D eigenvalue weighted by Crippen LogP contribution is -2.27. The summed E-state index contributed by atoms with van der Waals surface area (Å²) in [5, 5.41) is 5.62. The number of nitrogens with one attached hydrogen (secondary N) is 2. The molecule has 2 rings (SSSR count). The van der Waals surface area contributed by atoms with Crippen molar-refractivity contribution in [3.05, 3.63) is 57.8 Å². The fourth-order valence-corrected chi connectivity index (χ4v) is 2.26. The molecule has 0 fully saturated rings. The Morgan fingerprint density at radius 3 is 2.42 bits per heavy atom. The molecule has 0 aliphatic rings. The van der Waals surface area contributed by atoms with E-state index in [4.69, 9.17) is 0 Å². The lowest BCUT2D eigenvalue weighted by atomic mass is 10.1. The Bertz CT molecular complexity index is 760. The Balaban J connectivity index is 2.11. The molecule has 0 radical (unpaired) electrons. The van der Waals surface area contributed by atoms with Crippen molar-refractivity contribution in [3.8, 4) is 0 Å². The molecule has 1 aromatic heterocycles. The third-order valence-electron chi connectivity index (χ3n) is 3.35. The molecule has 0 atom stereocenters. The molecule has 6 heteroatoms. The first-order chi connectivity index (χ1) is 11.4. The summed E-state index contributed by atoms with van der Waals surface area (Å²) in [5.74, 6) is -0.179. The zero-order chi connectivity index (χ0) is 17.7. The number of halogens is 1. The van der Waals surface area contributed by atoms with Crippen molar-refractivity contribution in [3.63, 3.8) is 0 Å². The lowest BCUT2D eigenvalue weighted by molar-refractivity contribution is 0.0948. The summed E-state index contributed by atoms with van der Waals surface area (Å²) in [7, 11) is 0. The van der Waals surface area contributed by atoms with Gasteiger partial charge < -0.3 is 10.6 Å². The highest BCUT2D eigenvalue weighted by molar-refractivity contribution is 9.10. The van der Waals surface area contributed by atoms with E-state index in [9.17, 15) is 9.59 Å². The van der Waals surface area contributed by atoms with E-state index in [0.29, 0.717) is 29.3 Å². The average Bonchev–Trinajstić information content (AvgIpc) is 2.56. The molecule has 1 aromatic carbocycles. The summed E-state index contributed by atoms with van der Waals surface area (Å²) in [6.45, 7) is 6.56. The average molecular weight is 390 g/mol. The topological polar surface area (TPSA) is 71.1 Å². The van der Waals surface area contributed by atoms with Gasteiger partial charge in [-0.1, -0.05) is 29.8 Å². The number of nitrogens with zero attached hydrogens (tertiary/aromatic N) is 1. The second-order valence-corrected chi connectivity index (χ2v) is 6.84. The standard InChI is InChI=1S/C18H20BrN3O2/c1-11(2)8-21-17(23)13-7-14(10-20-9-13)18(24)22-15-4-5-16(19)12(3)6-15/h4-7,9-11H,8H2,1-3H3,(H,21,23)(H,22,24). The summed E-state index contributed by atoms with van der Waals surface area (Å²) in [4.78, 5) is 28.4. The largest absolute Gasteiger partial charge is 0.352 e. The van der Waals surface area contributed by atoms with Gasteiger partial charge in [-0.2, -0.15) is 0 Å². The summed E-state index contributed by atoms with van der Waals surface area (Å²) in [6, 6.07) is 7.10. The van der Waals surface area contributed by atoms with Crippen molar-refractivity contribution in [2.24, 2.45) is 5.92 Å². The summed E-state index contributed by atoms with van der Waals surface area (Å²) in [6.07, 6.45) is 2.90. The maximum atomic E-state index is 12.4. The van der Waals surface area contributed by atoms with E-state index in [1.165, 1.54) is 12.4 Å². The Kier molecular flexibility index (Phi) is 6.09. The van der Waals surface area contributed by atoms with Gasteiger partial charge in [0.25, 0.3) is 11.8 Å². The van der Waals surface area contributed by atoms with Crippen LogP contribution in [-0.2, 0) is 0 Å². The summed E-state index contributed by atoms with van der Waals surface area (Å²) in [5.41, 5.74) is 2.42. The number of aromatic nitrogens is 1. The molecule has 2 N–H and O–H groups in total. The predicted octanol–water partition coefficient (Wildman–Crippen LogP) is 3.79. The van der Waals surface area contributed by atoms with Crippen LogP contribution in [0.4, 0.5) is 5.69 Å². The first-order valence-corrected chi connectivity index (χ1v) is 8.47. The van der Waals surface area contributed by atoms with Crippen LogP contribution in [0.25, 0.3) is 0 Å². The third kappa shape index (κ3) is 4.89. The van der Waals surface area contributed by atoms with E-state index in [-0.39, 0.29) is 11.8 Å². The van der Waals surface area contributed by atoms with E-state index >= 15 is 0 Å². The Morgan fingerprint density at radius 1 is 1.12 bits per heavy atom. The molecule has 2 amide bonds. The second-order valence-electron chi connectivity index (χ2n) is 5.98. The SMILES string of the molecule is Cc1cc(NC(=O)c2cncc(C(=O)NCC(C)C)c2)ccc1Br. The van der Waals surface area contributed by atoms with E-state index in [1.807, 2.05) is 39.0 Å². The van der Waals surface area contributed by atoms with Crippen LogP contribution in [0.2, 0.25) is 0 Å². The molecular weight excluding hydrogens is 370 g/mol. The minimum atomic E-state index is -0.303. The van der Waals surface area contributed by atoms with Gasteiger partial charge in [-0.15, -0.1) is 0 Å². The molecule has 0 unspecified atom stereocenters. The van der Waals surface area contributed by atoms with Crippen LogP contribution >= 0.6 is 15.9 Å². The molecule has 0 saturated carbocycles. The number of hydrogen-bond acceptors (Lipinski definition) is 3. The zero-order valence-electron chi connectivity index (χ0n) is 13.9. The maximum Gasteiger partial charge on any atom is 0.257 e. The van der Waals surface area contributed by atoms with E-state index in [1.54, 1.807) is 6.07 Å². The third-order valence-corrected chi connectivity index (χ3v) is 4.24. The summed E-state index contributed by atoms with van der Waals surface area (Å²) >= 11 is 3.42. The molecule has 5 nitrogen and oxygen atoms in total. The fourth-order valence-electron chi connectivity index (χ4n) is 2.01. The minimum Gasteiger partial charge on any atom is -0.352 e. The van der Waals surface area contributed by atoms with Gasteiger partial charge in [0.15, 0.2) is 0 Å². The maximum absolute atomic E-state index is 12.4. The molecule has 1 heterocycles. The molecule has 0 spiro atoms. The van der Waals surface area contributed by atoms with Crippen molar-refractivity contribution < 1.29 is 9.59 Å². The first kappa shape index (κ1) is 18.1. The molecule has 0 aliphatic heterocycles. The van der Waals surface area contributed by atoms with Crippen LogP contribution in [0.1, 0.15) is 40.1 Å². The Morgan fingerprint density at radius 2 is 1.79 bits per heavy atom. The quantitative estimate of drug-likeness (QED) is 0.816. The molecule has 24 heavy (non-hydrogen) atoms. The number of carbonyl (C=O) groups is 2. The van der Waals surface area contributed by atoms with Gasteiger partial charge in [0.05, 0.1) is 11.1 Å². The molecule has 2 aromatic rings. The number of aryl methyl sites for hydroxylation is 1. The van der Waals surface area contributed by atoms with Crippen molar-refractivity contribution in [1.82, 2.24) is 10.3 Å². The van der Waals surface area contributed by atoms with Gasteiger partial charge in [0.2, 0.25) is 0 Å². The highest BCUT2D eigenvalue weighted by atomic mass is 79.9. The molecule has 0 bridgehead atoms. The van der Waals surface area contributed by atoms with Crippen LogP contribution in [0.3, 0.4) is 0 Å². The highest BCUT2D eigenvalue weighted by Gasteiger charge is 2.12. The number of benzene rings is 1. The first-order valence-electron chi connectivity index (χ1n) is 7.67. The van der Waals surface area contributed by atoms with Crippen LogP contribution in [-0.4, -0.2) is 23.3 Å². The van der Waals surface area contributed by atoms with Gasteiger partial charge in [-0.05, 0) is 42.7 Å². The second kappa shape index (κ2) is 8.06. The Labute approximate surface area is 150 Å². The van der Waals surface area contributed by atoms with Crippen LogP contribution in [0.15, 0.2) is 41.1 Å². The number of hydrogen-bond donors (Lipinski definition) is 2. The fraction of sp³-hybridized carbons (Fsp3) is 0.278. The highest BCUT2D eigenvalue weighted by Crippen LogP contribution is 2.20. The van der Waals surface area contributed by atoms with Crippen molar-refractivity contribution >= 4 is 33.4 Å². The molecule has 0 saturated heterocycles. The van der Waals surface area contributed by atoms with Crippen molar-refractivity contribution in [2.75, 3.05) is 11.9 Å². The smallest absolute Gasteiger partial charge is 0.257 e. The predicted molar refractivity (Wildman–Crippen MR) is 98.2 cm³/mol. The zero-order valence-corrected chi connectivity index (χ0v) is 15.5. The van der Waals surface area contributed by atoms with Gasteiger partial charge in [0.1, 0.15) is 0 Å². The van der Waals surface area contributed by atoms with Gasteiger partial charge in [-0.3, -0.25) is 14.6 Å². The molecule has 0 aliphatic carbocycles. The van der Waals surface area contributed by atoms with E-state index in [2.05, 4.69) is 31.5 Å². The lowest BCUT2D eigenvalue weighted by Gasteiger charge is -2.09. The number of rotatable bonds is 5. The normalized spacial score (nSPS) is 10.5. The monoisotopic (exact) mass is 389 g/mol. The summed E-state index contributed by atoms with van der Waals surface area (Å²) < 4.78 is 0.978. The number of pyridine rings is 1. The number of amides is 2. The molecular formula is C18H20BrN3O2. The van der Waals surface area contributed by atoms with Crippen molar-refractivity contribution in [1.29, 1.82) is 0 Å². The van der Waals surface area contributed by atoms with Gasteiger partial charge >= 0.3 is 0 Å². The van der Waals surface area contributed by atoms with E-state index < -0.39 is 0 Å². The number of carbonyl (C=O) groups excluding carboxylic acids is 2. The van der Waals surface area contributed by atoms with Crippen LogP contribution in [0.5, 0.6) is 0 Å². The van der Waals surface area contributed by atoms with E-state index in [0.717, 1.165) is 10.0 Å². The van der Waals surface area contributed by atoms with Crippen LogP contribution in [0, 0.1) is 12.8 Å². The minimum absolute atomic E-state index is 0.231. The van der Waals surface area contributed by atoms with Gasteiger partial charge in [-0.25, -0.2) is 0 Å². The van der Waals surface area contributed by atoms with Crippen molar-refractivity contribution in [2.45, 2.75) is 20.8 Å². The Hall–Kier alpha value is -2.21. The number of anilines is 1. The van der Waals surface area contributed by atoms with Gasteiger partial charge in [0, 0.05) is 29.1 Å². The molecule has 126 valence electrons.